The summed E-state index contributed by atoms with van der Waals surface area (Å²) >= 11 is 17.1. The zero-order chi connectivity index (χ0) is 10.6. The highest BCUT2D eigenvalue weighted by molar-refractivity contribution is 6.42. The van der Waals surface area contributed by atoms with Crippen molar-refractivity contribution in [2.24, 2.45) is 0 Å². The first-order valence-corrected chi connectivity index (χ1v) is 4.95. The van der Waals surface area contributed by atoms with Crippen LogP contribution >= 0.6 is 34.8 Å². The van der Waals surface area contributed by atoms with Crippen LogP contribution in [0.2, 0.25) is 10.0 Å². The van der Waals surface area contributed by atoms with Gasteiger partial charge in [-0.3, -0.25) is 0 Å². The van der Waals surface area contributed by atoms with Crippen LogP contribution in [0, 0.1) is 11.3 Å². The number of benzene rings is 1. The number of hydrogen-bond acceptors (Lipinski definition) is 2. The maximum Gasteiger partial charge on any atom is 0.154 e. The van der Waals surface area contributed by atoms with Crippen LogP contribution in [-0.4, -0.2) is 12.0 Å². The van der Waals surface area contributed by atoms with Crippen molar-refractivity contribution in [3.05, 3.63) is 28.2 Å². The normalized spacial score (nSPS) is 11.9. The summed E-state index contributed by atoms with van der Waals surface area (Å²) in [6.07, 6.45) is 0. The van der Waals surface area contributed by atoms with E-state index in [-0.39, 0.29) is 6.61 Å². The molecule has 0 fully saturated rings. The molecule has 1 aromatic carbocycles. The van der Waals surface area contributed by atoms with E-state index in [0.717, 1.165) is 0 Å². The summed E-state index contributed by atoms with van der Waals surface area (Å²) in [5.74, 6) is 0.431. The van der Waals surface area contributed by atoms with Crippen LogP contribution in [0.5, 0.6) is 5.75 Å². The van der Waals surface area contributed by atoms with Gasteiger partial charge in [0, 0.05) is 0 Å². The van der Waals surface area contributed by atoms with Crippen molar-refractivity contribution in [1.29, 1.82) is 5.26 Å². The summed E-state index contributed by atoms with van der Waals surface area (Å²) in [4.78, 5) is 0. The molecule has 1 aromatic rings. The largest absolute Gasteiger partial charge is 0.489 e. The van der Waals surface area contributed by atoms with Gasteiger partial charge in [-0.15, -0.1) is 11.6 Å². The Hall–Kier alpha value is -0.620. The number of ether oxygens (including phenoxy) is 1. The number of rotatable bonds is 3. The molecule has 0 saturated carbocycles. The molecular weight excluding hydrogens is 244 g/mol. The zero-order valence-electron chi connectivity index (χ0n) is 7.01. The molecule has 0 radical (unpaired) electrons. The summed E-state index contributed by atoms with van der Waals surface area (Å²) in [5.41, 5.74) is 0. The highest BCUT2D eigenvalue weighted by atomic mass is 35.5. The molecule has 5 heteroatoms. The van der Waals surface area contributed by atoms with E-state index in [4.69, 9.17) is 44.8 Å². The van der Waals surface area contributed by atoms with Crippen molar-refractivity contribution in [1.82, 2.24) is 0 Å². The first-order valence-electron chi connectivity index (χ1n) is 3.75. The summed E-state index contributed by atoms with van der Waals surface area (Å²) in [5, 5.41) is 8.47. The first kappa shape index (κ1) is 11.5. The lowest BCUT2D eigenvalue weighted by Gasteiger charge is -2.08. The third kappa shape index (κ3) is 2.95. The third-order valence-corrected chi connectivity index (χ3v) is 2.47. The molecule has 0 aliphatic rings. The Morgan fingerprint density at radius 3 is 2.79 bits per heavy atom. The highest BCUT2D eigenvalue weighted by Gasteiger charge is 2.08. The molecule has 0 aliphatic carbocycles. The molecule has 0 heterocycles. The smallest absolute Gasteiger partial charge is 0.154 e. The lowest BCUT2D eigenvalue weighted by atomic mass is 10.3. The first-order chi connectivity index (χ1) is 6.65. The van der Waals surface area contributed by atoms with E-state index in [1.165, 1.54) is 0 Å². The summed E-state index contributed by atoms with van der Waals surface area (Å²) in [7, 11) is 0. The average Bonchev–Trinajstić information content (AvgIpc) is 2.20. The van der Waals surface area contributed by atoms with E-state index in [0.29, 0.717) is 15.8 Å². The Kier molecular flexibility index (Phi) is 4.34. The molecule has 0 bridgehead atoms. The minimum Gasteiger partial charge on any atom is -0.489 e. The Morgan fingerprint density at radius 1 is 1.43 bits per heavy atom. The number of hydrogen-bond donors (Lipinski definition) is 0. The van der Waals surface area contributed by atoms with E-state index >= 15 is 0 Å². The fraction of sp³-hybridized carbons (Fsp3) is 0.222. The summed E-state index contributed by atoms with van der Waals surface area (Å²) in [6.45, 7) is 0.0815. The van der Waals surface area contributed by atoms with Gasteiger partial charge in [-0.1, -0.05) is 29.3 Å². The third-order valence-electron chi connectivity index (χ3n) is 1.44. The van der Waals surface area contributed by atoms with Crippen LogP contribution < -0.4 is 4.74 Å². The number of alkyl halides is 1. The van der Waals surface area contributed by atoms with Crippen LogP contribution in [-0.2, 0) is 0 Å². The second kappa shape index (κ2) is 5.31. The van der Waals surface area contributed by atoms with Gasteiger partial charge in [0.2, 0.25) is 0 Å². The SMILES string of the molecule is N#CC(Cl)COc1cccc(Cl)c1Cl. The molecule has 1 rings (SSSR count). The van der Waals surface area contributed by atoms with E-state index < -0.39 is 5.38 Å². The molecule has 0 N–H and O–H groups in total. The molecular formula is C9H6Cl3NO. The average molecular weight is 251 g/mol. The predicted molar refractivity (Wildman–Crippen MR) is 57.2 cm³/mol. The Bertz CT molecular complexity index is 362. The lowest BCUT2D eigenvalue weighted by molar-refractivity contribution is 0.329. The Balaban J connectivity index is 2.69. The van der Waals surface area contributed by atoms with Crippen molar-refractivity contribution in [2.45, 2.75) is 5.38 Å². The van der Waals surface area contributed by atoms with Crippen molar-refractivity contribution in [2.75, 3.05) is 6.61 Å². The van der Waals surface area contributed by atoms with Gasteiger partial charge in [-0.2, -0.15) is 5.26 Å². The Morgan fingerprint density at radius 2 is 2.14 bits per heavy atom. The van der Waals surface area contributed by atoms with Crippen molar-refractivity contribution in [3.8, 4) is 11.8 Å². The van der Waals surface area contributed by atoms with E-state index in [9.17, 15) is 0 Å². The zero-order valence-corrected chi connectivity index (χ0v) is 9.27. The molecule has 74 valence electrons. The molecule has 0 aromatic heterocycles. The predicted octanol–water partition coefficient (Wildman–Crippen LogP) is 3.50. The second-order valence-corrected chi connectivity index (χ2v) is 3.77. The lowest BCUT2D eigenvalue weighted by Crippen LogP contribution is -2.09. The van der Waals surface area contributed by atoms with Gasteiger partial charge >= 0.3 is 0 Å². The van der Waals surface area contributed by atoms with Crippen molar-refractivity contribution < 1.29 is 4.74 Å². The number of halogens is 3. The van der Waals surface area contributed by atoms with Crippen LogP contribution in [0.4, 0.5) is 0 Å². The van der Waals surface area contributed by atoms with Crippen LogP contribution in [0.1, 0.15) is 0 Å². The number of nitrogens with zero attached hydrogens (tertiary/aromatic N) is 1. The Labute approximate surface area is 96.9 Å². The maximum atomic E-state index is 8.42. The molecule has 14 heavy (non-hydrogen) atoms. The summed E-state index contributed by atoms with van der Waals surface area (Å²) in [6, 6.07) is 6.86. The molecule has 2 nitrogen and oxygen atoms in total. The van der Waals surface area contributed by atoms with Crippen molar-refractivity contribution >= 4 is 34.8 Å². The van der Waals surface area contributed by atoms with Gasteiger partial charge in [-0.25, -0.2) is 0 Å². The number of nitriles is 1. The van der Waals surface area contributed by atoms with Gasteiger partial charge < -0.3 is 4.74 Å². The monoisotopic (exact) mass is 249 g/mol. The summed E-state index contributed by atoms with van der Waals surface area (Å²) < 4.78 is 5.20. The minimum absolute atomic E-state index is 0.0815. The highest BCUT2D eigenvalue weighted by Crippen LogP contribution is 2.31. The quantitative estimate of drug-likeness (QED) is 0.769. The van der Waals surface area contributed by atoms with Crippen LogP contribution in [0.25, 0.3) is 0 Å². The fourth-order valence-corrected chi connectivity index (χ4v) is 1.21. The molecule has 0 aliphatic heterocycles. The van der Waals surface area contributed by atoms with Gasteiger partial charge in [0.25, 0.3) is 0 Å². The second-order valence-electron chi connectivity index (χ2n) is 2.46. The van der Waals surface area contributed by atoms with Gasteiger partial charge in [0.05, 0.1) is 11.1 Å². The van der Waals surface area contributed by atoms with Gasteiger partial charge in [-0.05, 0) is 12.1 Å². The maximum absolute atomic E-state index is 8.42. The van der Waals surface area contributed by atoms with Crippen LogP contribution in [0.15, 0.2) is 18.2 Å². The fourth-order valence-electron chi connectivity index (χ4n) is 0.796. The molecule has 0 saturated heterocycles. The molecule has 1 atom stereocenters. The van der Waals surface area contributed by atoms with E-state index in [1.54, 1.807) is 18.2 Å². The van der Waals surface area contributed by atoms with E-state index in [2.05, 4.69) is 0 Å². The van der Waals surface area contributed by atoms with Gasteiger partial charge in [0.15, 0.2) is 5.38 Å². The standard InChI is InChI=1S/C9H6Cl3NO/c10-6(4-13)5-14-8-3-1-2-7(11)9(8)12/h1-3,6H,5H2. The molecule has 0 spiro atoms. The molecule has 0 amide bonds. The molecule has 1 unspecified atom stereocenters. The van der Waals surface area contributed by atoms with Gasteiger partial charge in [0.1, 0.15) is 17.4 Å². The van der Waals surface area contributed by atoms with E-state index in [1.807, 2.05) is 6.07 Å². The van der Waals surface area contributed by atoms with Crippen molar-refractivity contribution in [3.63, 3.8) is 0 Å². The minimum atomic E-state index is -0.690. The topological polar surface area (TPSA) is 33.0 Å². The van der Waals surface area contributed by atoms with Crippen LogP contribution in [0.3, 0.4) is 0 Å².